The molecule has 0 radical (unpaired) electrons. The third-order valence-corrected chi connectivity index (χ3v) is 4.78. The van der Waals surface area contributed by atoms with Gasteiger partial charge in [-0.05, 0) is 23.4 Å². The molecule has 0 aliphatic heterocycles. The minimum Gasteiger partial charge on any atom is -0.362 e. The summed E-state index contributed by atoms with van der Waals surface area (Å²) in [6.45, 7) is 1.56. The third kappa shape index (κ3) is 3.14. The number of rotatable bonds is 6. The summed E-state index contributed by atoms with van der Waals surface area (Å²) in [6.07, 6.45) is 6.47. The predicted molar refractivity (Wildman–Crippen MR) is 97.1 cm³/mol. The summed E-state index contributed by atoms with van der Waals surface area (Å²) in [5.74, 6) is 1.87. The van der Waals surface area contributed by atoms with Gasteiger partial charge in [-0.25, -0.2) is 15.0 Å². The Morgan fingerprint density at radius 2 is 1.96 bits per heavy atom. The zero-order chi connectivity index (χ0) is 16.2. The molecule has 0 saturated heterocycles. The van der Waals surface area contributed by atoms with Crippen LogP contribution < -0.4 is 5.32 Å². The van der Waals surface area contributed by atoms with Gasteiger partial charge >= 0.3 is 0 Å². The zero-order valence-corrected chi connectivity index (χ0v) is 13.9. The summed E-state index contributed by atoms with van der Waals surface area (Å²) in [5.41, 5.74) is 1.33. The van der Waals surface area contributed by atoms with Crippen molar-refractivity contribution >= 4 is 27.4 Å². The molecule has 3 aromatic heterocycles. The third-order valence-electron chi connectivity index (χ3n) is 3.96. The fourth-order valence-corrected chi connectivity index (χ4v) is 3.43. The molecule has 120 valence electrons. The minimum atomic E-state index is 0.643. The molecule has 0 fully saturated rings. The number of aryl methyl sites for hydroxylation is 2. The minimum absolute atomic E-state index is 0.643. The number of nitrogens with zero attached hydrogens (tertiary/aromatic N) is 4. The van der Waals surface area contributed by atoms with Crippen LogP contribution in [0.4, 0.5) is 5.82 Å². The van der Waals surface area contributed by atoms with E-state index in [0.717, 1.165) is 34.8 Å². The second kappa shape index (κ2) is 6.80. The number of imidazole rings is 1. The molecule has 6 heteroatoms. The van der Waals surface area contributed by atoms with Gasteiger partial charge in [-0.15, -0.1) is 11.3 Å². The second-order valence-electron chi connectivity index (χ2n) is 5.49. The van der Waals surface area contributed by atoms with E-state index in [1.807, 2.05) is 29.9 Å². The van der Waals surface area contributed by atoms with Gasteiger partial charge in [0.05, 0.1) is 11.9 Å². The fraction of sp³-hybridized carbons (Fsp3) is 0.167. The van der Waals surface area contributed by atoms with Crippen LogP contribution in [0.5, 0.6) is 0 Å². The van der Waals surface area contributed by atoms with Crippen LogP contribution in [0.3, 0.4) is 0 Å². The molecule has 4 rings (SSSR count). The Balaban J connectivity index is 1.44. The van der Waals surface area contributed by atoms with Crippen LogP contribution >= 0.6 is 11.3 Å². The summed E-state index contributed by atoms with van der Waals surface area (Å²) in [7, 11) is 0. The maximum atomic E-state index is 4.47. The highest BCUT2D eigenvalue weighted by Gasteiger charge is 2.07. The average Bonchev–Trinajstić information content (AvgIpc) is 3.28. The van der Waals surface area contributed by atoms with E-state index >= 15 is 0 Å². The topological polar surface area (TPSA) is 55.6 Å². The molecule has 0 amide bonds. The molecule has 24 heavy (non-hydrogen) atoms. The van der Waals surface area contributed by atoms with Crippen molar-refractivity contribution in [2.75, 3.05) is 5.32 Å². The Bertz CT molecular complexity index is 929. The smallest absolute Gasteiger partial charge is 0.138 e. The van der Waals surface area contributed by atoms with E-state index in [9.17, 15) is 0 Å². The molecule has 0 atom stereocenters. The Kier molecular flexibility index (Phi) is 4.20. The summed E-state index contributed by atoms with van der Waals surface area (Å²) in [4.78, 5) is 14.1. The van der Waals surface area contributed by atoms with Crippen molar-refractivity contribution < 1.29 is 0 Å². The molecule has 0 aliphatic rings. The van der Waals surface area contributed by atoms with Crippen molar-refractivity contribution in [3.05, 3.63) is 71.9 Å². The quantitative estimate of drug-likeness (QED) is 0.583. The lowest BCUT2D eigenvalue weighted by Gasteiger charge is -2.10. The number of nitrogens with one attached hydrogen (secondary N) is 1. The van der Waals surface area contributed by atoms with E-state index in [1.165, 1.54) is 5.56 Å². The second-order valence-corrected chi connectivity index (χ2v) is 6.38. The normalized spacial score (nSPS) is 11.0. The Hall–Kier alpha value is -2.73. The number of fused-ring (bicyclic) bond motifs is 1. The van der Waals surface area contributed by atoms with Crippen LogP contribution in [0, 0.1) is 0 Å². The molecular weight excluding hydrogens is 318 g/mol. The Morgan fingerprint density at radius 1 is 1.04 bits per heavy atom. The molecule has 0 spiro atoms. The predicted octanol–water partition coefficient (Wildman–Crippen LogP) is 3.74. The van der Waals surface area contributed by atoms with Gasteiger partial charge in [-0.2, -0.15) is 0 Å². The van der Waals surface area contributed by atoms with Crippen molar-refractivity contribution in [2.45, 2.75) is 19.5 Å². The first-order valence-corrected chi connectivity index (χ1v) is 8.74. The van der Waals surface area contributed by atoms with Crippen molar-refractivity contribution in [1.29, 1.82) is 0 Å². The standard InChI is InChI=1S/C18H17N5S/c1-2-4-14(5-3-1)6-9-23-10-8-19-16(23)12-20-17-15-7-11-24-18(15)22-13-21-17/h1-5,7-8,10-11,13H,6,9,12H2,(H,20,21,22). The summed E-state index contributed by atoms with van der Waals surface area (Å²) >= 11 is 1.62. The molecule has 1 N–H and O–H groups in total. The highest BCUT2D eigenvalue weighted by Crippen LogP contribution is 2.23. The molecular formula is C18H17N5S. The SMILES string of the molecule is c1ccc(CCn2ccnc2CNc2ncnc3sccc23)cc1. The Labute approximate surface area is 144 Å². The summed E-state index contributed by atoms with van der Waals surface area (Å²) < 4.78 is 2.19. The van der Waals surface area contributed by atoms with E-state index < -0.39 is 0 Å². The van der Waals surface area contributed by atoms with Gasteiger partial charge in [0.1, 0.15) is 22.8 Å². The van der Waals surface area contributed by atoms with Gasteiger partial charge in [0.25, 0.3) is 0 Å². The highest BCUT2D eigenvalue weighted by molar-refractivity contribution is 7.16. The van der Waals surface area contributed by atoms with Crippen molar-refractivity contribution in [3.8, 4) is 0 Å². The Morgan fingerprint density at radius 3 is 2.88 bits per heavy atom. The largest absolute Gasteiger partial charge is 0.362 e. The van der Waals surface area contributed by atoms with Gasteiger partial charge in [0.2, 0.25) is 0 Å². The zero-order valence-electron chi connectivity index (χ0n) is 13.1. The van der Waals surface area contributed by atoms with Crippen LogP contribution in [0.15, 0.2) is 60.5 Å². The molecule has 0 bridgehead atoms. The van der Waals surface area contributed by atoms with E-state index in [4.69, 9.17) is 0 Å². The maximum absolute atomic E-state index is 4.47. The van der Waals surface area contributed by atoms with Crippen molar-refractivity contribution in [2.24, 2.45) is 0 Å². The first-order valence-electron chi connectivity index (χ1n) is 7.86. The average molecular weight is 335 g/mol. The number of hydrogen-bond acceptors (Lipinski definition) is 5. The van der Waals surface area contributed by atoms with Crippen LogP contribution in [-0.2, 0) is 19.5 Å². The van der Waals surface area contributed by atoms with E-state index in [-0.39, 0.29) is 0 Å². The maximum Gasteiger partial charge on any atom is 0.138 e. The van der Waals surface area contributed by atoms with Crippen molar-refractivity contribution in [3.63, 3.8) is 0 Å². The number of aromatic nitrogens is 4. The molecule has 4 aromatic rings. The van der Waals surface area contributed by atoms with Crippen LogP contribution in [-0.4, -0.2) is 19.5 Å². The van der Waals surface area contributed by atoms with E-state index in [0.29, 0.717) is 6.54 Å². The summed E-state index contributed by atoms with van der Waals surface area (Å²) in [6, 6.07) is 12.6. The first-order chi connectivity index (χ1) is 11.9. The lowest BCUT2D eigenvalue weighted by molar-refractivity contribution is 0.658. The van der Waals surface area contributed by atoms with Crippen LogP contribution in [0.2, 0.25) is 0 Å². The van der Waals surface area contributed by atoms with Gasteiger partial charge in [0.15, 0.2) is 0 Å². The van der Waals surface area contributed by atoms with Gasteiger partial charge in [0, 0.05) is 18.9 Å². The number of hydrogen-bond donors (Lipinski definition) is 1. The number of anilines is 1. The molecule has 3 heterocycles. The lowest BCUT2D eigenvalue weighted by Crippen LogP contribution is -2.10. The molecule has 5 nitrogen and oxygen atoms in total. The summed E-state index contributed by atoms with van der Waals surface area (Å²) in [5, 5.41) is 6.48. The van der Waals surface area contributed by atoms with Crippen molar-refractivity contribution in [1.82, 2.24) is 19.5 Å². The molecule has 0 unspecified atom stereocenters. The highest BCUT2D eigenvalue weighted by atomic mass is 32.1. The van der Waals surface area contributed by atoms with Crippen LogP contribution in [0.25, 0.3) is 10.2 Å². The molecule has 0 aliphatic carbocycles. The molecule has 1 aromatic carbocycles. The number of benzene rings is 1. The van der Waals surface area contributed by atoms with Gasteiger partial charge in [-0.3, -0.25) is 0 Å². The van der Waals surface area contributed by atoms with E-state index in [2.05, 4.69) is 49.1 Å². The van der Waals surface area contributed by atoms with Gasteiger partial charge < -0.3 is 9.88 Å². The number of thiophene rings is 1. The van der Waals surface area contributed by atoms with E-state index in [1.54, 1.807) is 17.7 Å². The fourth-order valence-electron chi connectivity index (χ4n) is 2.70. The van der Waals surface area contributed by atoms with Crippen LogP contribution in [0.1, 0.15) is 11.4 Å². The van der Waals surface area contributed by atoms with Gasteiger partial charge in [-0.1, -0.05) is 30.3 Å². The lowest BCUT2D eigenvalue weighted by atomic mass is 10.1. The first kappa shape index (κ1) is 14.8. The molecule has 0 saturated carbocycles. The monoisotopic (exact) mass is 335 g/mol.